The average Bonchev–Trinajstić information content (AvgIpc) is 2.32. The van der Waals surface area contributed by atoms with Gasteiger partial charge in [-0.25, -0.2) is 8.42 Å². The molecule has 2 atom stereocenters. The molecule has 2 rings (SSSR count). The summed E-state index contributed by atoms with van der Waals surface area (Å²) < 4.78 is 33.3. The van der Waals surface area contributed by atoms with Gasteiger partial charge in [-0.05, 0) is 38.5 Å². The second kappa shape index (κ2) is 5.63. The van der Waals surface area contributed by atoms with Gasteiger partial charge in [-0.15, -0.1) is 0 Å². The highest BCUT2D eigenvalue weighted by Gasteiger charge is 2.33. The molecule has 1 heterocycles. The van der Waals surface area contributed by atoms with Gasteiger partial charge >= 0.3 is 0 Å². The topological polar surface area (TPSA) is 72.6 Å². The first-order valence-corrected chi connectivity index (χ1v) is 8.66. The van der Waals surface area contributed by atoms with Crippen LogP contribution in [-0.2, 0) is 14.8 Å². The van der Waals surface area contributed by atoms with E-state index in [1.165, 1.54) is 4.31 Å². The SMILES string of the molecule is Cc1c(N)cc(Br)cc1S(=O)(=O)N1C[C@@H](C)O[C@@H](C)C1. The Morgan fingerprint density at radius 2 is 1.85 bits per heavy atom. The average molecular weight is 363 g/mol. The van der Waals surface area contributed by atoms with Crippen molar-refractivity contribution in [2.24, 2.45) is 0 Å². The molecule has 0 unspecified atom stereocenters. The zero-order valence-electron chi connectivity index (χ0n) is 11.8. The third-order valence-corrected chi connectivity index (χ3v) is 5.78. The Morgan fingerprint density at radius 1 is 1.30 bits per heavy atom. The summed E-state index contributed by atoms with van der Waals surface area (Å²) >= 11 is 3.30. The van der Waals surface area contributed by atoms with E-state index in [0.29, 0.717) is 28.8 Å². The van der Waals surface area contributed by atoms with Gasteiger partial charge in [0.05, 0.1) is 17.1 Å². The number of benzene rings is 1. The van der Waals surface area contributed by atoms with Crippen molar-refractivity contribution in [3.8, 4) is 0 Å². The van der Waals surface area contributed by atoms with Gasteiger partial charge in [0.2, 0.25) is 10.0 Å². The number of hydrogen-bond acceptors (Lipinski definition) is 4. The molecule has 5 nitrogen and oxygen atoms in total. The molecule has 20 heavy (non-hydrogen) atoms. The fourth-order valence-corrected chi connectivity index (χ4v) is 4.91. The van der Waals surface area contributed by atoms with Crippen molar-refractivity contribution in [2.75, 3.05) is 18.8 Å². The van der Waals surface area contributed by atoms with Crippen LogP contribution >= 0.6 is 15.9 Å². The Kier molecular flexibility index (Phi) is 4.44. The first-order chi connectivity index (χ1) is 9.21. The Hall–Kier alpha value is -0.630. The quantitative estimate of drug-likeness (QED) is 0.818. The number of nitrogens with zero attached hydrogens (tertiary/aromatic N) is 1. The first kappa shape index (κ1) is 15.8. The molecule has 1 aromatic rings. The van der Waals surface area contributed by atoms with Crippen molar-refractivity contribution in [1.29, 1.82) is 0 Å². The molecule has 1 aromatic carbocycles. The molecule has 0 aliphatic carbocycles. The van der Waals surface area contributed by atoms with Crippen molar-refractivity contribution in [1.82, 2.24) is 4.31 Å². The van der Waals surface area contributed by atoms with Crippen molar-refractivity contribution in [3.05, 3.63) is 22.2 Å². The number of anilines is 1. The second-order valence-corrected chi connectivity index (χ2v) is 8.02. The molecule has 1 fully saturated rings. The summed E-state index contributed by atoms with van der Waals surface area (Å²) in [4.78, 5) is 0.255. The minimum absolute atomic E-state index is 0.113. The van der Waals surface area contributed by atoms with E-state index in [4.69, 9.17) is 10.5 Å². The van der Waals surface area contributed by atoms with Crippen LogP contribution in [0.2, 0.25) is 0 Å². The van der Waals surface area contributed by atoms with E-state index in [0.717, 1.165) is 0 Å². The van der Waals surface area contributed by atoms with Crippen molar-refractivity contribution in [3.63, 3.8) is 0 Å². The molecule has 1 saturated heterocycles. The largest absolute Gasteiger partial charge is 0.398 e. The van der Waals surface area contributed by atoms with Gasteiger partial charge in [0.15, 0.2) is 0 Å². The van der Waals surface area contributed by atoms with Crippen LogP contribution in [-0.4, -0.2) is 38.0 Å². The lowest BCUT2D eigenvalue weighted by Crippen LogP contribution is -2.48. The number of nitrogen functional groups attached to an aromatic ring is 1. The number of rotatable bonds is 2. The second-order valence-electron chi connectivity index (χ2n) is 5.20. The van der Waals surface area contributed by atoms with E-state index in [2.05, 4.69) is 15.9 Å². The number of halogens is 1. The van der Waals surface area contributed by atoms with Crippen LogP contribution in [0.1, 0.15) is 19.4 Å². The monoisotopic (exact) mass is 362 g/mol. The molecule has 1 aliphatic heterocycles. The molecule has 0 saturated carbocycles. The highest BCUT2D eigenvalue weighted by Crippen LogP contribution is 2.29. The predicted molar refractivity (Wildman–Crippen MR) is 82.1 cm³/mol. The van der Waals surface area contributed by atoms with Gasteiger partial charge in [0.1, 0.15) is 0 Å². The van der Waals surface area contributed by atoms with E-state index < -0.39 is 10.0 Å². The van der Waals surface area contributed by atoms with Crippen LogP contribution in [0, 0.1) is 6.92 Å². The van der Waals surface area contributed by atoms with Crippen LogP contribution in [0.3, 0.4) is 0 Å². The lowest BCUT2D eigenvalue weighted by atomic mass is 10.2. The fourth-order valence-electron chi connectivity index (χ4n) is 2.41. The van der Waals surface area contributed by atoms with Gasteiger partial charge < -0.3 is 10.5 Å². The summed E-state index contributed by atoms with van der Waals surface area (Å²) in [6.45, 7) is 6.19. The summed E-state index contributed by atoms with van der Waals surface area (Å²) in [7, 11) is -3.56. The number of nitrogens with two attached hydrogens (primary N) is 1. The molecule has 0 radical (unpaired) electrons. The van der Waals surface area contributed by atoms with E-state index >= 15 is 0 Å². The van der Waals surface area contributed by atoms with E-state index in [9.17, 15) is 8.42 Å². The van der Waals surface area contributed by atoms with Crippen LogP contribution in [0.5, 0.6) is 0 Å². The molecular weight excluding hydrogens is 344 g/mol. The molecule has 0 aromatic heterocycles. The maximum Gasteiger partial charge on any atom is 0.243 e. The first-order valence-electron chi connectivity index (χ1n) is 6.43. The Morgan fingerprint density at radius 3 is 2.40 bits per heavy atom. The minimum atomic E-state index is -3.56. The molecule has 112 valence electrons. The molecular formula is C13H19BrN2O3S. The van der Waals surface area contributed by atoms with Gasteiger partial charge in [-0.1, -0.05) is 15.9 Å². The summed E-state index contributed by atoms with van der Waals surface area (Å²) in [6, 6.07) is 3.31. The molecule has 7 heteroatoms. The number of sulfonamides is 1. The van der Waals surface area contributed by atoms with Crippen LogP contribution in [0.4, 0.5) is 5.69 Å². The van der Waals surface area contributed by atoms with E-state index in [-0.39, 0.29) is 17.1 Å². The summed E-state index contributed by atoms with van der Waals surface area (Å²) in [5.74, 6) is 0. The fraction of sp³-hybridized carbons (Fsp3) is 0.538. The maximum atomic E-state index is 12.8. The van der Waals surface area contributed by atoms with Gasteiger partial charge in [-0.3, -0.25) is 0 Å². The van der Waals surface area contributed by atoms with Crippen LogP contribution in [0.15, 0.2) is 21.5 Å². The zero-order valence-corrected chi connectivity index (χ0v) is 14.2. The zero-order chi connectivity index (χ0) is 15.1. The molecule has 1 aliphatic rings. The minimum Gasteiger partial charge on any atom is -0.398 e. The van der Waals surface area contributed by atoms with E-state index in [1.807, 2.05) is 13.8 Å². The predicted octanol–water partition coefficient (Wildman–Crippen LogP) is 2.14. The van der Waals surface area contributed by atoms with Crippen molar-refractivity contribution in [2.45, 2.75) is 37.9 Å². The molecule has 0 spiro atoms. The van der Waals surface area contributed by atoms with Gasteiger partial charge in [0.25, 0.3) is 0 Å². The summed E-state index contributed by atoms with van der Waals surface area (Å²) in [6.07, 6.45) is -0.225. The van der Waals surface area contributed by atoms with Crippen molar-refractivity contribution < 1.29 is 13.2 Å². The maximum absolute atomic E-state index is 12.8. The number of hydrogen-bond donors (Lipinski definition) is 1. The highest BCUT2D eigenvalue weighted by atomic mass is 79.9. The van der Waals surface area contributed by atoms with Crippen molar-refractivity contribution >= 4 is 31.6 Å². The number of ether oxygens (including phenoxy) is 1. The van der Waals surface area contributed by atoms with Gasteiger partial charge in [-0.2, -0.15) is 4.31 Å². The Labute approximate surface area is 128 Å². The Bertz CT molecular complexity index is 608. The summed E-state index contributed by atoms with van der Waals surface area (Å²) in [5.41, 5.74) is 6.91. The molecule has 0 amide bonds. The molecule has 0 bridgehead atoms. The third-order valence-electron chi connectivity index (χ3n) is 3.37. The normalized spacial score (nSPS) is 24.8. The lowest BCUT2D eigenvalue weighted by Gasteiger charge is -2.34. The van der Waals surface area contributed by atoms with Crippen LogP contribution < -0.4 is 5.73 Å². The smallest absolute Gasteiger partial charge is 0.243 e. The van der Waals surface area contributed by atoms with Gasteiger partial charge in [0, 0.05) is 23.2 Å². The van der Waals surface area contributed by atoms with Crippen LogP contribution in [0.25, 0.3) is 0 Å². The standard InChI is InChI=1S/C13H19BrN2O3S/c1-8-6-16(7-9(2)19-8)20(17,18)13-5-11(14)4-12(15)10(13)3/h4-5,8-9H,6-7,15H2,1-3H3/t8-,9+. The lowest BCUT2D eigenvalue weighted by molar-refractivity contribution is -0.0440. The number of morpholine rings is 1. The van der Waals surface area contributed by atoms with E-state index in [1.54, 1.807) is 19.1 Å². The summed E-state index contributed by atoms with van der Waals surface area (Å²) in [5, 5.41) is 0. The Balaban J connectivity index is 2.45. The third kappa shape index (κ3) is 3.00. The molecule has 2 N–H and O–H groups in total. The highest BCUT2D eigenvalue weighted by molar-refractivity contribution is 9.10.